The molecule has 148 valence electrons. The number of hydrogen-bond acceptors (Lipinski definition) is 4. The molecule has 1 aliphatic heterocycles. The van der Waals surface area contributed by atoms with Gasteiger partial charge in [0.2, 0.25) is 11.9 Å². The summed E-state index contributed by atoms with van der Waals surface area (Å²) in [5.41, 5.74) is 2.33. The number of carbonyl (C=O) groups is 2. The summed E-state index contributed by atoms with van der Waals surface area (Å²) < 4.78 is 7.50. The molecular formula is C22H22N4O3. The van der Waals surface area contributed by atoms with Crippen LogP contribution in [0.5, 0.6) is 5.75 Å². The van der Waals surface area contributed by atoms with E-state index in [9.17, 15) is 9.59 Å². The van der Waals surface area contributed by atoms with Crippen molar-refractivity contribution in [1.82, 2.24) is 9.55 Å². The van der Waals surface area contributed by atoms with Gasteiger partial charge >= 0.3 is 0 Å². The highest BCUT2D eigenvalue weighted by Crippen LogP contribution is 2.42. The van der Waals surface area contributed by atoms with Crippen molar-refractivity contribution >= 4 is 34.5 Å². The normalized spacial score (nSPS) is 18.2. The molecule has 0 bridgehead atoms. The van der Waals surface area contributed by atoms with Crippen LogP contribution in [0.4, 0.5) is 11.6 Å². The first-order valence-electron chi connectivity index (χ1n) is 9.99. The zero-order chi connectivity index (χ0) is 20.0. The molecule has 7 nitrogen and oxygen atoms in total. The Balaban J connectivity index is 1.44. The minimum absolute atomic E-state index is 0.0472. The molecule has 2 amide bonds. The van der Waals surface area contributed by atoms with E-state index in [1.165, 1.54) is 0 Å². The summed E-state index contributed by atoms with van der Waals surface area (Å²) in [5.74, 6) is 1.01. The van der Waals surface area contributed by atoms with E-state index < -0.39 is 6.04 Å². The summed E-state index contributed by atoms with van der Waals surface area (Å²) >= 11 is 0. The Bertz CT molecular complexity index is 1100. The van der Waals surface area contributed by atoms with Gasteiger partial charge < -0.3 is 10.1 Å². The Hall–Kier alpha value is -3.35. The monoisotopic (exact) mass is 390 g/mol. The van der Waals surface area contributed by atoms with Crippen LogP contribution in [0, 0.1) is 0 Å². The van der Waals surface area contributed by atoms with Gasteiger partial charge in [0.25, 0.3) is 5.91 Å². The summed E-state index contributed by atoms with van der Waals surface area (Å²) in [5, 5.41) is 2.91. The van der Waals surface area contributed by atoms with Gasteiger partial charge in [0, 0.05) is 6.04 Å². The number of nitrogens with zero attached hydrogens (tertiary/aromatic N) is 3. The van der Waals surface area contributed by atoms with Gasteiger partial charge in [-0.2, -0.15) is 0 Å². The van der Waals surface area contributed by atoms with Gasteiger partial charge in [-0.3, -0.25) is 19.1 Å². The van der Waals surface area contributed by atoms with Crippen molar-refractivity contribution in [3.05, 3.63) is 48.5 Å². The highest BCUT2D eigenvalue weighted by Gasteiger charge is 2.47. The molecule has 0 unspecified atom stereocenters. The lowest BCUT2D eigenvalue weighted by Gasteiger charge is -2.16. The standard InChI is InChI=1S/C22H22N4O3/c1-2-29-19-10-6-4-8-16(19)23-20(27)13-18-21(28)25(14-11-12-14)22-24-15-7-3-5-9-17(15)26(18)22/h3-10,14,18H,2,11-13H2,1H3,(H,23,27)/t18-/m1/s1. The number of imidazole rings is 1. The van der Waals surface area contributed by atoms with E-state index in [0.717, 1.165) is 23.9 Å². The van der Waals surface area contributed by atoms with Crippen LogP contribution in [0.1, 0.15) is 32.2 Å². The first-order chi connectivity index (χ1) is 14.2. The van der Waals surface area contributed by atoms with Crippen LogP contribution in [0.25, 0.3) is 11.0 Å². The molecule has 3 aromatic rings. The Morgan fingerprint density at radius 2 is 1.93 bits per heavy atom. The van der Waals surface area contributed by atoms with Crippen LogP contribution in [-0.4, -0.2) is 34.0 Å². The van der Waals surface area contributed by atoms with Gasteiger partial charge in [-0.1, -0.05) is 24.3 Å². The average Bonchev–Trinajstić information content (AvgIpc) is 3.42. The highest BCUT2D eigenvalue weighted by atomic mass is 16.5. The highest BCUT2D eigenvalue weighted by molar-refractivity contribution is 6.05. The fraction of sp³-hybridized carbons (Fsp3) is 0.318. The molecule has 5 rings (SSSR count). The fourth-order valence-corrected chi connectivity index (χ4v) is 3.96. The zero-order valence-electron chi connectivity index (χ0n) is 16.2. The Labute approximate surface area is 168 Å². The van der Waals surface area contributed by atoms with Gasteiger partial charge in [-0.25, -0.2) is 4.98 Å². The largest absolute Gasteiger partial charge is 0.492 e. The number of hydrogen-bond donors (Lipinski definition) is 1. The number of carbonyl (C=O) groups excluding carboxylic acids is 2. The van der Waals surface area contributed by atoms with Crippen molar-refractivity contribution < 1.29 is 14.3 Å². The molecule has 0 radical (unpaired) electrons. The number of anilines is 2. The second-order valence-corrected chi connectivity index (χ2v) is 7.41. The molecule has 1 aliphatic carbocycles. The number of rotatable bonds is 6. The van der Waals surface area contributed by atoms with Crippen LogP contribution in [0.2, 0.25) is 0 Å². The molecule has 1 aromatic heterocycles. The minimum Gasteiger partial charge on any atom is -0.492 e. The van der Waals surface area contributed by atoms with E-state index in [-0.39, 0.29) is 24.3 Å². The summed E-state index contributed by atoms with van der Waals surface area (Å²) in [7, 11) is 0. The Kier molecular flexibility index (Phi) is 4.23. The average molecular weight is 390 g/mol. The first kappa shape index (κ1) is 17.7. The van der Waals surface area contributed by atoms with Crippen LogP contribution < -0.4 is 15.0 Å². The van der Waals surface area contributed by atoms with E-state index in [0.29, 0.717) is 24.0 Å². The molecule has 1 saturated carbocycles. The maximum absolute atomic E-state index is 13.2. The van der Waals surface area contributed by atoms with Crippen LogP contribution in [0.3, 0.4) is 0 Å². The molecule has 2 aromatic carbocycles. The van der Waals surface area contributed by atoms with Crippen molar-refractivity contribution in [2.24, 2.45) is 0 Å². The smallest absolute Gasteiger partial charge is 0.253 e. The molecule has 1 atom stereocenters. The predicted molar refractivity (Wildman–Crippen MR) is 110 cm³/mol. The molecule has 7 heteroatoms. The summed E-state index contributed by atoms with van der Waals surface area (Å²) in [4.78, 5) is 32.5. The van der Waals surface area contributed by atoms with Gasteiger partial charge in [-0.15, -0.1) is 0 Å². The molecular weight excluding hydrogens is 368 g/mol. The lowest BCUT2D eigenvalue weighted by molar-refractivity contribution is -0.124. The minimum atomic E-state index is -0.586. The zero-order valence-corrected chi connectivity index (χ0v) is 16.2. The number of amides is 2. The molecule has 0 saturated heterocycles. The lowest BCUT2D eigenvalue weighted by Crippen LogP contribution is -2.33. The van der Waals surface area contributed by atoms with Crippen molar-refractivity contribution in [3.63, 3.8) is 0 Å². The third-order valence-electron chi connectivity index (χ3n) is 5.38. The van der Waals surface area contributed by atoms with Crippen LogP contribution in [-0.2, 0) is 9.59 Å². The molecule has 0 spiro atoms. The topological polar surface area (TPSA) is 76.5 Å². The van der Waals surface area contributed by atoms with Gasteiger partial charge in [0.15, 0.2) is 0 Å². The van der Waals surface area contributed by atoms with E-state index in [2.05, 4.69) is 10.3 Å². The van der Waals surface area contributed by atoms with Crippen molar-refractivity contribution in [1.29, 1.82) is 0 Å². The SMILES string of the molecule is CCOc1ccccc1NC(=O)C[C@@H]1C(=O)N(C2CC2)c2nc3ccccc3n21. The lowest BCUT2D eigenvalue weighted by atomic mass is 10.1. The number of nitrogens with one attached hydrogen (secondary N) is 1. The van der Waals surface area contributed by atoms with E-state index in [1.807, 2.05) is 54.0 Å². The number of ether oxygens (including phenoxy) is 1. The Morgan fingerprint density at radius 3 is 2.72 bits per heavy atom. The van der Waals surface area contributed by atoms with Crippen molar-refractivity contribution in [3.8, 4) is 5.75 Å². The summed E-state index contributed by atoms with van der Waals surface area (Å²) in [6, 6.07) is 14.7. The third kappa shape index (κ3) is 3.03. The van der Waals surface area contributed by atoms with E-state index in [1.54, 1.807) is 11.0 Å². The maximum Gasteiger partial charge on any atom is 0.253 e. The number of para-hydroxylation sites is 4. The second-order valence-electron chi connectivity index (χ2n) is 7.41. The molecule has 1 fully saturated rings. The van der Waals surface area contributed by atoms with Gasteiger partial charge in [0.1, 0.15) is 11.8 Å². The summed E-state index contributed by atoms with van der Waals surface area (Å²) in [6.07, 6.45) is 2.01. The Morgan fingerprint density at radius 1 is 1.17 bits per heavy atom. The van der Waals surface area contributed by atoms with Gasteiger partial charge in [0.05, 0.1) is 29.7 Å². The van der Waals surface area contributed by atoms with Crippen molar-refractivity contribution in [2.45, 2.75) is 38.3 Å². The summed E-state index contributed by atoms with van der Waals surface area (Å²) in [6.45, 7) is 2.41. The molecule has 2 aliphatic rings. The first-order valence-corrected chi connectivity index (χ1v) is 9.99. The quantitative estimate of drug-likeness (QED) is 0.699. The van der Waals surface area contributed by atoms with E-state index >= 15 is 0 Å². The van der Waals surface area contributed by atoms with Gasteiger partial charge in [-0.05, 0) is 44.0 Å². The van der Waals surface area contributed by atoms with E-state index in [4.69, 9.17) is 4.74 Å². The second kappa shape index (κ2) is 6.92. The fourth-order valence-electron chi connectivity index (χ4n) is 3.96. The van der Waals surface area contributed by atoms with Crippen LogP contribution >= 0.6 is 0 Å². The molecule has 1 N–H and O–H groups in total. The molecule has 2 heterocycles. The van der Waals surface area contributed by atoms with Crippen molar-refractivity contribution in [2.75, 3.05) is 16.8 Å². The maximum atomic E-state index is 13.2. The number of aromatic nitrogens is 2. The molecule has 29 heavy (non-hydrogen) atoms. The number of benzene rings is 2. The van der Waals surface area contributed by atoms with Crippen LogP contribution in [0.15, 0.2) is 48.5 Å². The predicted octanol–water partition coefficient (Wildman–Crippen LogP) is 3.51. The third-order valence-corrected chi connectivity index (χ3v) is 5.38. The number of fused-ring (bicyclic) bond motifs is 3.